The summed E-state index contributed by atoms with van der Waals surface area (Å²) in [7, 11) is 0. The normalized spacial score (nSPS) is 22.4. The molecule has 0 amide bonds. The number of aromatic carboxylic acids is 1. The van der Waals surface area contributed by atoms with Crippen molar-refractivity contribution in [2.75, 3.05) is 19.8 Å². The molecule has 6 nitrogen and oxygen atoms in total. The molecule has 0 bridgehead atoms. The number of nitrogens with two attached hydrogens (primary N) is 1. The molecule has 4 N–H and O–H groups in total. The molecule has 2 heterocycles. The molecule has 1 aliphatic rings. The van der Waals surface area contributed by atoms with Gasteiger partial charge in [0, 0.05) is 43.7 Å². The Labute approximate surface area is 164 Å². The molecule has 0 saturated carbocycles. The predicted molar refractivity (Wildman–Crippen MR) is 111 cm³/mol. The highest BCUT2D eigenvalue weighted by atomic mass is 16.4. The zero-order valence-electron chi connectivity index (χ0n) is 17.4. The van der Waals surface area contributed by atoms with Crippen LogP contribution in [-0.2, 0) is 0 Å². The van der Waals surface area contributed by atoms with Crippen LogP contribution in [-0.4, -0.2) is 52.3 Å². The van der Waals surface area contributed by atoms with Crippen molar-refractivity contribution >= 4 is 5.97 Å². The van der Waals surface area contributed by atoms with Gasteiger partial charge >= 0.3 is 5.97 Å². The molecular weight excluding hydrogens is 340 g/mol. The van der Waals surface area contributed by atoms with E-state index in [1.54, 1.807) is 6.07 Å². The van der Waals surface area contributed by atoms with Crippen molar-refractivity contribution in [2.45, 2.75) is 71.4 Å². The van der Waals surface area contributed by atoms with Gasteiger partial charge in [0.15, 0.2) is 0 Å². The maximum absolute atomic E-state index is 10.2. The summed E-state index contributed by atoms with van der Waals surface area (Å²) in [5, 5.41) is 11.8. The van der Waals surface area contributed by atoms with Crippen molar-refractivity contribution in [3.05, 3.63) is 30.1 Å². The average Bonchev–Trinajstić information content (AvgIpc) is 2.65. The third kappa shape index (κ3) is 8.82. The van der Waals surface area contributed by atoms with Crippen LogP contribution in [0.15, 0.2) is 24.5 Å². The van der Waals surface area contributed by atoms with Gasteiger partial charge in [0.2, 0.25) is 0 Å². The molecule has 0 spiro atoms. The van der Waals surface area contributed by atoms with Crippen molar-refractivity contribution in [3.63, 3.8) is 0 Å². The SMILES string of the molecule is CCCC(CC)CC(CC)N1CNCC(C)(N)C1.O=C(O)c1cccnc1. The molecule has 3 unspecified atom stereocenters. The van der Waals surface area contributed by atoms with E-state index in [9.17, 15) is 4.79 Å². The number of nitrogens with one attached hydrogen (secondary N) is 1. The van der Waals surface area contributed by atoms with Crippen molar-refractivity contribution in [1.82, 2.24) is 15.2 Å². The number of hydrogen-bond acceptors (Lipinski definition) is 5. The molecule has 27 heavy (non-hydrogen) atoms. The molecule has 154 valence electrons. The van der Waals surface area contributed by atoms with E-state index in [0.717, 1.165) is 25.7 Å². The van der Waals surface area contributed by atoms with Gasteiger partial charge in [0.05, 0.1) is 5.56 Å². The first kappa shape index (κ1) is 23.5. The van der Waals surface area contributed by atoms with Crippen LogP contribution in [0.1, 0.15) is 70.2 Å². The lowest BCUT2D eigenvalue weighted by Crippen LogP contribution is -2.63. The van der Waals surface area contributed by atoms with Gasteiger partial charge in [-0.1, -0.05) is 40.0 Å². The number of pyridine rings is 1. The van der Waals surface area contributed by atoms with Gasteiger partial charge in [0.1, 0.15) is 0 Å². The molecular formula is C21H38N4O2. The zero-order chi connectivity index (χ0) is 20.3. The van der Waals surface area contributed by atoms with Crippen LogP contribution in [0.5, 0.6) is 0 Å². The highest BCUT2D eigenvalue weighted by Crippen LogP contribution is 2.23. The standard InChI is InChI=1S/C15H33N3.C6H5NO2/c1-5-8-13(6-2)9-14(7-3)18-11-15(4,16)10-17-12-18;8-6(9)5-2-1-3-7-4-5/h13-14,17H,5-12,16H2,1-4H3;1-4H,(H,8,9). The van der Waals surface area contributed by atoms with Crippen molar-refractivity contribution in [3.8, 4) is 0 Å². The van der Waals surface area contributed by atoms with E-state index in [2.05, 4.69) is 42.9 Å². The van der Waals surface area contributed by atoms with Gasteiger partial charge in [-0.05, 0) is 37.8 Å². The molecule has 1 aromatic rings. The van der Waals surface area contributed by atoms with Gasteiger partial charge in [-0.2, -0.15) is 0 Å². The van der Waals surface area contributed by atoms with E-state index in [-0.39, 0.29) is 11.1 Å². The van der Waals surface area contributed by atoms with Crippen LogP contribution in [0, 0.1) is 5.92 Å². The Bertz CT molecular complexity index is 536. The van der Waals surface area contributed by atoms with Crippen LogP contribution in [0.25, 0.3) is 0 Å². The summed E-state index contributed by atoms with van der Waals surface area (Å²) in [6.45, 7) is 12.1. The topological polar surface area (TPSA) is 91.5 Å². The molecule has 2 rings (SSSR count). The van der Waals surface area contributed by atoms with Crippen LogP contribution in [0.4, 0.5) is 0 Å². The zero-order valence-corrected chi connectivity index (χ0v) is 17.4. The summed E-state index contributed by atoms with van der Waals surface area (Å²) < 4.78 is 0. The largest absolute Gasteiger partial charge is 0.478 e. The summed E-state index contributed by atoms with van der Waals surface area (Å²) in [5.41, 5.74) is 6.43. The van der Waals surface area contributed by atoms with E-state index < -0.39 is 5.97 Å². The average molecular weight is 379 g/mol. The molecule has 1 fully saturated rings. The Hall–Kier alpha value is -1.50. The summed E-state index contributed by atoms with van der Waals surface area (Å²) in [5.74, 6) is -0.0611. The molecule has 1 aliphatic heterocycles. The Morgan fingerprint density at radius 1 is 1.41 bits per heavy atom. The fourth-order valence-corrected chi connectivity index (χ4v) is 3.66. The Kier molecular flexibility index (Phi) is 10.5. The Morgan fingerprint density at radius 3 is 2.59 bits per heavy atom. The second kappa shape index (κ2) is 12.1. The molecule has 0 aromatic carbocycles. The van der Waals surface area contributed by atoms with Crippen LogP contribution >= 0.6 is 0 Å². The fraction of sp³-hybridized carbons (Fsp3) is 0.714. The van der Waals surface area contributed by atoms with Gasteiger partial charge in [0.25, 0.3) is 0 Å². The highest BCUT2D eigenvalue weighted by molar-refractivity contribution is 5.86. The highest BCUT2D eigenvalue weighted by Gasteiger charge is 2.30. The van der Waals surface area contributed by atoms with Crippen molar-refractivity contribution < 1.29 is 9.90 Å². The second-order valence-corrected chi connectivity index (χ2v) is 7.89. The summed E-state index contributed by atoms with van der Waals surface area (Å²) in [4.78, 5) is 16.3. The number of carboxylic acid groups (broad SMARTS) is 1. The number of rotatable bonds is 8. The summed E-state index contributed by atoms with van der Waals surface area (Å²) in [6.07, 6.45) is 9.40. The molecule has 0 aliphatic carbocycles. The minimum absolute atomic E-state index is 0.0713. The molecule has 1 aromatic heterocycles. The third-order valence-electron chi connectivity index (χ3n) is 5.18. The van der Waals surface area contributed by atoms with Gasteiger partial charge in [-0.3, -0.25) is 9.88 Å². The van der Waals surface area contributed by atoms with Crippen LogP contribution < -0.4 is 11.1 Å². The van der Waals surface area contributed by atoms with E-state index in [1.165, 1.54) is 50.6 Å². The smallest absolute Gasteiger partial charge is 0.337 e. The predicted octanol–water partition coefficient (Wildman–Crippen LogP) is 3.34. The first-order chi connectivity index (χ1) is 12.8. The third-order valence-corrected chi connectivity index (χ3v) is 5.18. The minimum Gasteiger partial charge on any atom is -0.478 e. The quantitative estimate of drug-likeness (QED) is 0.643. The number of carboxylic acids is 1. The lowest BCUT2D eigenvalue weighted by Gasteiger charge is -2.43. The fourth-order valence-electron chi connectivity index (χ4n) is 3.66. The van der Waals surface area contributed by atoms with Crippen molar-refractivity contribution in [2.24, 2.45) is 11.7 Å². The molecule has 1 saturated heterocycles. The summed E-state index contributed by atoms with van der Waals surface area (Å²) in [6, 6.07) is 3.77. The van der Waals surface area contributed by atoms with Gasteiger partial charge < -0.3 is 16.2 Å². The van der Waals surface area contributed by atoms with E-state index in [0.29, 0.717) is 6.04 Å². The number of aromatic nitrogens is 1. The van der Waals surface area contributed by atoms with Crippen LogP contribution in [0.2, 0.25) is 0 Å². The number of hydrogen-bond donors (Lipinski definition) is 3. The Morgan fingerprint density at radius 2 is 2.15 bits per heavy atom. The number of nitrogens with zero attached hydrogens (tertiary/aromatic N) is 2. The lowest BCUT2D eigenvalue weighted by atomic mass is 9.90. The van der Waals surface area contributed by atoms with Gasteiger partial charge in [-0.25, -0.2) is 4.79 Å². The maximum atomic E-state index is 10.2. The van der Waals surface area contributed by atoms with Crippen LogP contribution in [0.3, 0.4) is 0 Å². The van der Waals surface area contributed by atoms with Crippen molar-refractivity contribution in [1.29, 1.82) is 0 Å². The molecule has 0 radical (unpaired) electrons. The maximum Gasteiger partial charge on any atom is 0.337 e. The second-order valence-electron chi connectivity index (χ2n) is 7.89. The minimum atomic E-state index is -0.942. The first-order valence-electron chi connectivity index (χ1n) is 10.2. The number of carbonyl (C=O) groups is 1. The van der Waals surface area contributed by atoms with E-state index in [4.69, 9.17) is 10.8 Å². The summed E-state index contributed by atoms with van der Waals surface area (Å²) >= 11 is 0. The molecule has 3 atom stereocenters. The Balaban J connectivity index is 0.000000337. The van der Waals surface area contributed by atoms with E-state index >= 15 is 0 Å². The molecule has 6 heteroatoms. The van der Waals surface area contributed by atoms with Gasteiger partial charge in [-0.15, -0.1) is 0 Å². The monoisotopic (exact) mass is 378 g/mol. The van der Waals surface area contributed by atoms with E-state index in [1.807, 2.05) is 0 Å². The lowest BCUT2D eigenvalue weighted by molar-refractivity contribution is 0.0696. The first-order valence-corrected chi connectivity index (χ1v) is 10.2.